The molecule has 0 unspecified atom stereocenters. The summed E-state index contributed by atoms with van der Waals surface area (Å²) in [5.74, 6) is 1.11. The third-order valence-electron chi connectivity index (χ3n) is 5.44. The van der Waals surface area contributed by atoms with E-state index in [4.69, 9.17) is 4.74 Å². The Kier molecular flexibility index (Phi) is 5.00. The maximum Gasteiger partial charge on any atom is 0.264 e. The summed E-state index contributed by atoms with van der Waals surface area (Å²) in [4.78, 5) is 19.6. The van der Waals surface area contributed by atoms with Crippen LogP contribution in [0, 0.1) is 0 Å². The minimum atomic E-state index is 0.204. The second kappa shape index (κ2) is 7.41. The number of piperazine rings is 1. The number of aryl methyl sites for hydroxylation is 2. The van der Waals surface area contributed by atoms with Crippen molar-refractivity contribution in [2.75, 3.05) is 39.8 Å². The van der Waals surface area contributed by atoms with E-state index < -0.39 is 0 Å². The Balaban J connectivity index is 1.53. The number of thiophene rings is 1. The second-order valence-corrected chi connectivity index (χ2v) is 8.17. The summed E-state index contributed by atoms with van der Waals surface area (Å²) < 4.78 is 5.36. The van der Waals surface area contributed by atoms with Crippen LogP contribution in [-0.4, -0.2) is 55.5 Å². The van der Waals surface area contributed by atoms with Crippen LogP contribution in [0.25, 0.3) is 10.4 Å². The van der Waals surface area contributed by atoms with Crippen molar-refractivity contribution in [1.82, 2.24) is 9.80 Å². The van der Waals surface area contributed by atoms with Crippen molar-refractivity contribution in [2.24, 2.45) is 0 Å². The number of rotatable bonds is 4. The van der Waals surface area contributed by atoms with Gasteiger partial charge in [0, 0.05) is 31.1 Å². The average molecular weight is 371 g/mol. The first kappa shape index (κ1) is 17.6. The first-order chi connectivity index (χ1) is 12.7. The number of hydrogen-bond donors (Lipinski definition) is 0. The van der Waals surface area contributed by atoms with Gasteiger partial charge in [-0.3, -0.25) is 9.69 Å². The highest BCUT2D eigenvalue weighted by Gasteiger charge is 2.26. The Hall–Kier alpha value is -1.85. The minimum absolute atomic E-state index is 0.204. The molecule has 0 radical (unpaired) electrons. The Bertz CT molecular complexity index is 806. The van der Waals surface area contributed by atoms with E-state index in [9.17, 15) is 4.79 Å². The highest BCUT2D eigenvalue weighted by atomic mass is 32.1. The smallest absolute Gasteiger partial charge is 0.264 e. The molecule has 26 heavy (non-hydrogen) atoms. The Labute approximate surface area is 159 Å². The summed E-state index contributed by atoms with van der Waals surface area (Å²) >= 11 is 1.66. The summed E-state index contributed by atoms with van der Waals surface area (Å²) in [6.45, 7) is 7.02. The number of hydrogen-bond acceptors (Lipinski definition) is 4. The van der Waals surface area contributed by atoms with E-state index in [2.05, 4.69) is 30.0 Å². The number of amides is 1. The fourth-order valence-electron chi connectivity index (χ4n) is 3.99. The molecule has 2 heterocycles. The van der Waals surface area contributed by atoms with Gasteiger partial charge in [0.15, 0.2) is 0 Å². The molecule has 1 aliphatic carbocycles. The van der Waals surface area contributed by atoms with Crippen LogP contribution in [0.4, 0.5) is 0 Å². The molecule has 2 aliphatic rings. The molecule has 1 saturated heterocycles. The lowest BCUT2D eigenvalue weighted by Gasteiger charge is -2.34. The molecule has 4 rings (SSSR count). The third-order valence-corrected chi connectivity index (χ3v) is 6.64. The van der Waals surface area contributed by atoms with Crippen LogP contribution in [0.15, 0.2) is 24.3 Å². The molecule has 138 valence electrons. The highest BCUT2D eigenvalue weighted by Crippen LogP contribution is 2.41. The summed E-state index contributed by atoms with van der Waals surface area (Å²) in [6.07, 6.45) is 3.19. The first-order valence-corrected chi connectivity index (χ1v) is 10.3. The molecule has 0 saturated carbocycles. The molecule has 4 nitrogen and oxygen atoms in total. The van der Waals surface area contributed by atoms with Crippen molar-refractivity contribution in [1.29, 1.82) is 0 Å². The quantitative estimate of drug-likeness (QED) is 0.823. The zero-order chi connectivity index (χ0) is 18.1. The normalized spacial score (nSPS) is 16.9. The van der Waals surface area contributed by atoms with Crippen molar-refractivity contribution in [3.05, 3.63) is 40.3 Å². The predicted molar refractivity (Wildman–Crippen MR) is 106 cm³/mol. The van der Waals surface area contributed by atoms with E-state index in [0.29, 0.717) is 0 Å². The number of methoxy groups -OCH3 is 1. The van der Waals surface area contributed by atoms with Gasteiger partial charge in [-0.15, -0.1) is 11.3 Å². The third kappa shape index (κ3) is 3.26. The molecule has 1 aliphatic heterocycles. The van der Waals surface area contributed by atoms with Gasteiger partial charge in [0.1, 0.15) is 5.75 Å². The number of carbonyl (C=O) groups excluding carboxylic acids is 1. The molecule has 1 fully saturated rings. The lowest BCUT2D eigenvalue weighted by Crippen LogP contribution is -2.48. The molecule has 0 spiro atoms. The Morgan fingerprint density at radius 1 is 1.12 bits per heavy atom. The maximum absolute atomic E-state index is 13.0. The van der Waals surface area contributed by atoms with Crippen molar-refractivity contribution in [3.8, 4) is 16.2 Å². The second-order valence-electron chi connectivity index (χ2n) is 7.12. The van der Waals surface area contributed by atoms with Gasteiger partial charge < -0.3 is 9.64 Å². The molecule has 0 atom stereocenters. The number of carbonyl (C=O) groups is 1. The van der Waals surface area contributed by atoms with Crippen LogP contribution < -0.4 is 4.74 Å². The lowest BCUT2D eigenvalue weighted by molar-refractivity contribution is 0.0642. The van der Waals surface area contributed by atoms with E-state index in [-0.39, 0.29) is 5.91 Å². The zero-order valence-electron chi connectivity index (χ0n) is 15.6. The van der Waals surface area contributed by atoms with Gasteiger partial charge >= 0.3 is 0 Å². The molecule has 0 bridgehead atoms. The van der Waals surface area contributed by atoms with E-state index in [0.717, 1.165) is 56.2 Å². The van der Waals surface area contributed by atoms with E-state index >= 15 is 0 Å². The van der Waals surface area contributed by atoms with Crippen LogP contribution in [-0.2, 0) is 12.8 Å². The van der Waals surface area contributed by atoms with Crippen LogP contribution >= 0.6 is 11.3 Å². The van der Waals surface area contributed by atoms with Crippen LogP contribution in [0.3, 0.4) is 0 Å². The number of benzene rings is 1. The van der Waals surface area contributed by atoms with Gasteiger partial charge in [-0.1, -0.05) is 6.92 Å². The molecule has 1 aromatic carbocycles. The van der Waals surface area contributed by atoms with Crippen LogP contribution in [0.5, 0.6) is 5.75 Å². The molecule has 1 amide bonds. The van der Waals surface area contributed by atoms with Gasteiger partial charge in [0.25, 0.3) is 5.91 Å². The first-order valence-electron chi connectivity index (χ1n) is 9.51. The minimum Gasteiger partial charge on any atom is -0.497 e. The van der Waals surface area contributed by atoms with Gasteiger partial charge in [0.2, 0.25) is 0 Å². The molecular formula is C21H26N2O2S. The monoisotopic (exact) mass is 370 g/mol. The van der Waals surface area contributed by atoms with Crippen molar-refractivity contribution in [3.63, 3.8) is 0 Å². The highest BCUT2D eigenvalue weighted by molar-refractivity contribution is 7.17. The molecule has 5 heteroatoms. The summed E-state index contributed by atoms with van der Waals surface area (Å²) in [5.41, 5.74) is 3.91. The fraction of sp³-hybridized carbons (Fsp3) is 0.476. The maximum atomic E-state index is 13.0. The van der Waals surface area contributed by atoms with E-state index in [1.54, 1.807) is 18.4 Å². The molecule has 1 aromatic heterocycles. The van der Waals surface area contributed by atoms with Gasteiger partial charge in [-0.05, 0) is 66.8 Å². The van der Waals surface area contributed by atoms with Crippen molar-refractivity contribution in [2.45, 2.75) is 26.2 Å². The SMILES string of the molecule is CCCN1CCN(C(=O)c2cc3c(s2)-c2ccc(OC)cc2CC3)CC1. The average Bonchev–Trinajstić information content (AvgIpc) is 3.12. The zero-order valence-corrected chi connectivity index (χ0v) is 16.4. The van der Waals surface area contributed by atoms with Crippen molar-refractivity contribution >= 4 is 17.2 Å². The predicted octanol–water partition coefficient (Wildman–Crippen LogP) is 3.69. The molecule has 0 N–H and O–H groups in total. The summed E-state index contributed by atoms with van der Waals surface area (Å²) in [5, 5.41) is 0. The Morgan fingerprint density at radius 2 is 1.88 bits per heavy atom. The standard InChI is InChI=1S/C21H26N2O2S/c1-3-8-22-9-11-23(12-10-22)21(24)19-14-16-5-4-15-13-17(25-2)6-7-18(15)20(16)26-19/h6-7,13-14H,3-5,8-12H2,1-2H3. The topological polar surface area (TPSA) is 32.8 Å². The van der Waals surface area contributed by atoms with Gasteiger partial charge in [-0.2, -0.15) is 0 Å². The van der Waals surface area contributed by atoms with Crippen LogP contribution in [0.2, 0.25) is 0 Å². The van der Waals surface area contributed by atoms with Gasteiger partial charge in [-0.25, -0.2) is 0 Å². The van der Waals surface area contributed by atoms with E-state index in [1.807, 2.05) is 11.0 Å². The number of fused-ring (bicyclic) bond motifs is 3. The molecular weight excluding hydrogens is 344 g/mol. The van der Waals surface area contributed by atoms with Gasteiger partial charge in [0.05, 0.1) is 12.0 Å². The largest absolute Gasteiger partial charge is 0.497 e. The summed E-state index contributed by atoms with van der Waals surface area (Å²) in [7, 11) is 1.71. The van der Waals surface area contributed by atoms with Crippen LogP contribution in [0.1, 0.15) is 34.1 Å². The molecule has 2 aromatic rings. The lowest BCUT2D eigenvalue weighted by atomic mass is 9.91. The van der Waals surface area contributed by atoms with Crippen molar-refractivity contribution < 1.29 is 9.53 Å². The number of nitrogens with zero attached hydrogens (tertiary/aromatic N) is 2. The fourth-order valence-corrected chi connectivity index (χ4v) is 5.23. The van der Waals surface area contributed by atoms with E-state index in [1.165, 1.54) is 28.0 Å². The summed E-state index contributed by atoms with van der Waals surface area (Å²) in [6, 6.07) is 8.42. The Morgan fingerprint density at radius 3 is 2.62 bits per heavy atom. The number of ether oxygens (including phenoxy) is 1.